The van der Waals surface area contributed by atoms with Crippen molar-refractivity contribution in [2.75, 3.05) is 19.6 Å². The van der Waals surface area contributed by atoms with E-state index < -0.39 is 10.0 Å². The van der Waals surface area contributed by atoms with Crippen LogP contribution in [0.25, 0.3) is 0 Å². The summed E-state index contributed by atoms with van der Waals surface area (Å²) in [5, 5.41) is 9.96. The van der Waals surface area contributed by atoms with Crippen molar-refractivity contribution >= 4 is 39.7 Å². The van der Waals surface area contributed by atoms with Crippen molar-refractivity contribution < 1.29 is 13.2 Å². The fourth-order valence-corrected chi connectivity index (χ4v) is 4.13. The largest absolute Gasteiger partial charge is 0.336 e. The van der Waals surface area contributed by atoms with Crippen LogP contribution in [-0.4, -0.2) is 44.9 Å². The average molecular weight is 368 g/mol. The summed E-state index contributed by atoms with van der Waals surface area (Å²) < 4.78 is 22.7. The number of piperidine rings is 1. The Bertz CT molecular complexity index is 597. The maximum atomic E-state index is 12.7. The first-order chi connectivity index (χ1) is 9.93. The third-order valence-electron chi connectivity index (χ3n) is 3.58. The number of hydrogen-bond donors (Lipinski definition) is 2. The summed E-state index contributed by atoms with van der Waals surface area (Å²) in [6, 6.07) is 1.60. The minimum absolute atomic E-state index is 0. The van der Waals surface area contributed by atoms with Gasteiger partial charge in [0, 0.05) is 18.0 Å². The smallest absolute Gasteiger partial charge is 0.254 e. The van der Waals surface area contributed by atoms with Gasteiger partial charge in [-0.25, -0.2) is 13.6 Å². The Morgan fingerprint density at radius 2 is 2.09 bits per heavy atom. The zero-order valence-electron chi connectivity index (χ0n) is 12.4. The Morgan fingerprint density at radius 3 is 2.59 bits per heavy atom. The molecule has 126 valence electrons. The summed E-state index contributed by atoms with van der Waals surface area (Å²) in [6.45, 7) is 4.53. The molecule has 1 aliphatic heterocycles. The Balaban J connectivity index is 0.00000242. The molecule has 0 atom stereocenters. The molecule has 1 aliphatic rings. The van der Waals surface area contributed by atoms with Gasteiger partial charge in [-0.1, -0.05) is 6.92 Å². The van der Waals surface area contributed by atoms with Crippen LogP contribution in [0.5, 0.6) is 0 Å². The molecular weight excluding hydrogens is 346 g/mol. The number of rotatable bonds is 5. The van der Waals surface area contributed by atoms with Crippen molar-refractivity contribution in [1.82, 2.24) is 10.2 Å². The molecule has 2 rings (SSSR count). The molecule has 2 heterocycles. The van der Waals surface area contributed by atoms with Gasteiger partial charge in [0.1, 0.15) is 4.21 Å². The van der Waals surface area contributed by atoms with Gasteiger partial charge < -0.3 is 10.2 Å². The van der Waals surface area contributed by atoms with Gasteiger partial charge in [-0.15, -0.1) is 23.7 Å². The van der Waals surface area contributed by atoms with Gasteiger partial charge >= 0.3 is 0 Å². The molecule has 1 saturated heterocycles. The fourth-order valence-electron chi connectivity index (χ4n) is 2.55. The van der Waals surface area contributed by atoms with Crippen LogP contribution >= 0.6 is 23.7 Å². The van der Waals surface area contributed by atoms with Gasteiger partial charge in [0.05, 0.1) is 5.56 Å². The second kappa shape index (κ2) is 8.26. The molecule has 0 aliphatic carbocycles. The van der Waals surface area contributed by atoms with E-state index in [-0.39, 0.29) is 28.6 Å². The quantitative estimate of drug-likeness (QED) is 0.823. The van der Waals surface area contributed by atoms with E-state index in [0.29, 0.717) is 12.1 Å². The van der Waals surface area contributed by atoms with E-state index in [9.17, 15) is 13.2 Å². The van der Waals surface area contributed by atoms with Crippen LogP contribution in [0.2, 0.25) is 0 Å². The standard InChI is InChI=1S/C13H21N3O3S2.ClH/c1-2-7-16(11-3-5-15-6-4-11)13(17)10-8-12(20-9-10)21(14,18)19;/h8-9,11,15H,2-7H2,1H3,(H2,14,18,19);1H. The monoisotopic (exact) mass is 367 g/mol. The number of sulfonamides is 1. The maximum absolute atomic E-state index is 12.7. The number of thiophene rings is 1. The van der Waals surface area contributed by atoms with E-state index in [1.165, 1.54) is 6.07 Å². The fraction of sp³-hybridized carbons (Fsp3) is 0.615. The normalized spacial score (nSPS) is 16.1. The van der Waals surface area contributed by atoms with Gasteiger partial charge in [0.25, 0.3) is 5.91 Å². The molecule has 1 aromatic rings. The third-order valence-corrected chi connectivity index (χ3v) is 5.96. The zero-order valence-corrected chi connectivity index (χ0v) is 14.9. The lowest BCUT2D eigenvalue weighted by atomic mass is 10.0. The Kier molecular flexibility index (Phi) is 7.27. The number of hydrogen-bond acceptors (Lipinski definition) is 5. The first kappa shape index (κ1) is 19.4. The lowest BCUT2D eigenvalue weighted by Gasteiger charge is -2.34. The lowest BCUT2D eigenvalue weighted by molar-refractivity contribution is 0.0643. The number of nitrogens with one attached hydrogen (secondary N) is 1. The Morgan fingerprint density at radius 1 is 1.45 bits per heavy atom. The summed E-state index contributed by atoms with van der Waals surface area (Å²) in [6.07, 6.45) is 2.73. The first-order valence-electron chi connectivity index (χ1n) is 7.06. The molecule has 22 heavy (non-hydrogen) atoms. The predicted molar refractivity (Wildman–Crippen MR) is 90.2 cm³/mol. The van der Waals surface area contributed by atoms with Crippen molar-refractivity contribution in [3.63, 3.8) is 0 Å². The van der Waals surface area contributed by atoms with Crippen LogP contribution in [0.1, 0.15) is 36.5 Å². The average Bonchev–Trinajstić information content (AvgIpc) is 2.95. The van der Waals surface area contributed by atoms with Crippen molar-refractivity contribution in [1.29, 1.82) is 0 Å². The number of carbonyl (C=O) groups excluding carboxylic acids is 1. The molecule has 3 N–H and O–H groups in total. The van der Waals surface area contributed by atoms with E-state index in [1.54, 1.807) is 5.38 Å². The molecule has 6 nitrogen and oxygen atoms in total. The van der Waals surface area contributed by atoms with Crippen LogP contribution in [0.4, 0.5) is 0 Å². The van der Waals surface area contributed by atoms with Crippen LogP contribution in [-0.2, 0) is 10.0 Å². The van der Waals surface area contributed by atoms with E-state index in [2.05, 4.69) is 5.32 Å². The lowest BCUT2D eigenvalue weighted by Crippen LogP contribution is -2.46. The molecule has 0 aromatic carbocycles. The van der Waals surface area contributed by atoms with Crippen LogP contribution in [0.15, 0.2) is 15.7 Å². The molecule has 9 heteroatoms. The van der Waals surface area contributed by atoms with Gasteiger partial charge in [0.15, 0.2) is 0 Å². The second-order valence-electron chi connectivity index (χ2n) is 5.18. The highest BCUT2D eigenvalue weighted by molar-refractivity contribution is 7.91. The number of amides is 1. The van der Waals surface area contributed by atoms with Gasteiger partial charge in [-0.2, -0.15) is 0 Å². The maximum Gasteiger partial charge on any atom is 0.254 e. The Labute approximate surface area is 141 Å². The minimum atomic E-state index is -3.74. The molecule has 1 fully saturated rings. The first-order valence-corrected chi connectivity index (χ1v) is 9.49. The summed E-state index contributed by atoms with van der Waals surface area (Å²) in [4.78, 5) is 14.5. The summed E-state index contributed by atoms with van der Waals surface area (Å²) in [5.41, 5.74) is 0.413. The molecule has 0 unspecified atom stereocenters. The SMILES string of the molecule is CCCN(C(=O)c1csc(S(N)(=O)=O)c1)C1CCNCC1.Cl. The molecular formula is C13H22ClN3O3S2. The summed E-state index contributed by atoms with van der Waals surface area (Å²) in [7, 11) is -3.74. The van der Waals surface area contributed by atoms with E-state index >= 15 is 0 Å². The summed E-state index contributed by atoms with van der Waals surface area (Å²) >= 11 is 0.994. The van der Waals surface area contributed by atoms with E-state index in [0.717, 1.165) is 43.7 Å². The second-order valence-corrected chi connectivity index (χ2v) is 7.88. The highest BCUT2D eigenvalue weighted by Crippen LogP contribution is 2.22. The topological polar surface area (TPSA) is 92.5 Å². The molecule has 0 radical (unpaired) electrons. The minimum Gasteiger partial charge on any atom is -0.336 e. The number of halogens is 1. The van der Waals surface area contributed by atoms with E-state index in [4.69, 9.17) is 5.14 Å². The van der Waals surface area contributed by atoms with Crippen molar-refractivity contribution in [2.24, 2.45) is 5.14 Å². The van der Waals surface area contributed by atoms with Crippen molar-refractivity contribution in [2.45, 2.75) is 36.4 Å². The van der Waals surface area contributed by atoms with Gasteiger partial charge in [-0.3, -0.25) is 4.79 Å². The Hall–Kier alpha value is -0.670. The molecule has 0 saturated carbocycles. The van der Waals surface area contributed by atoms with Crippen LogP contribution in [0.3, 0.4) is 0 Å². The van der Waals surface area contributed by atoms with Gasteiger partial charge in [0.2, 0.25) is 10.0 Å². The van der Waals surface area contributed by atoms with Gasteiger partial charge in [-0.05, 0) is 38.4 Å². The molecule has 1 aromatic heterocycles. The predicted octanol–water partition coefficient (Wildman–Crippen LogP) is 1.42. The highest BCUT2D eigenvalue weighted by atomic mass is 35.5. The molecule has 0 bridgehead atoms. The number of carbonyl (C=O) groups is 1. The van der Waals surface area contributed by atoms with E-state index in [1.807, 2.05) is 11.8 Å². The number of primary sulfonamides is 1. The van der Waals surface area contributed by atoms with Crippen molar-refractivity contribution in [3.8, 4) is 0 Å². The molecule has 0 spiro atoms. The van der Waals surface area contributed by atoms with Crippen LogP contribution in [0, 0.1) is 0 Å². The van der Waals surface area contributed by atoms with Crippen molar-refractivity contribution in [3.05, 3.63) is 17.0 Å². The number of nitrogens with zero attached hydrogens (tertiary/aromatic N) is 1. The zero-order chi connectivity index (χ0) is 15.5. The highest BCUT2D eigenvalue weighted by Gasteiger charge is 2.26. The molecule has 1 amide bonds. The third kappa shape index (κ3) is 4.66. The number of nitrogens with two attached hydrogens (primary N) is 1. The van der Waals surface area contributed by atoms with Crippen LogP contribution < -0.4 is 10.5 Å². The summed E-state index contributed by atoms with van der Waals surface area (Å²) in [5.74, 6) is -0.102.